The van der Waals surface area contributed by atoms with E-state index in [0.717, 1.165) is 47.5 Å². The van der Waals surface area contributed by atoms with Crippen molar-refractivity contribution in [1.82, 2.24) is 30.4 Å². The number of para-hydroxylation sites is 1. The molecule has 5 rings (SSSR count). The lowest BCUT2D eigenvalue weighted by Crippen LogP contribution is -2.35. The molecule has 1 aliphatic rings. The van der Waals surface area contributed by atoms with Crippen molar-refractivity contribution in [3.8, 4) is 22.8 Å². The summed E-state index contributed by atoms with van der Waals surface area (Å²) in [6.45, 7) is 0.818. The lowest BCUT2D eigenvalue weighted by molar-refractivity contribution is -0.117. The molecule has 0 bridgehead atoms. The highest BCUT2D eigenvalue weighted by molar-refractivity contribution is 5.97. The number of benzene rings is 2. The van der Waals surface area contributed by atoms with Gasteiger partial charge in [-0.1, -0.05) is 43.5 Å². The van der Waals surface area contributed by atoms with Crippen molar-refractivity contribution in [3.63, 3.8) is 0 Å². The van der Waals surface area contributed by atoms with E-state index in [9.17, 15) is 4.79 Å². The van der Waals surface area contributed by atoms with Gasteiger partial charge in [-0.3, -0.25) is 9.89 Å². The van der Waals surface area contributed by atoms with Crippen LogP contribution in [-0.4, -0.2) is 57.7 Å². The maximum absolute atomic E-state index is 11.5. The minimum Gasteiger partial charge on any atom is -0.457 e. The van der Waals surface area contributed by atoms with Crippen LogP contribution in [0, 0.1) is 0 Å². The Balaban J connectivity index is 0.000000196. The standard InChI is InChI=1S/C17H13N5O.C12H22N2O/c18-16-14-15(21-22-17(14)20-10-19-16)11-6-8-13(9-7-11)23-12-4-2-1-3-5-12;1-14(2)10-6-9-12(15)13-11-7-4-3-5-8-11/h1-10H,(H3,18,19,20,21,22);6,9,11H,3-5,7-8,10H2,1-2H3,(H,13,15)/b;9-6+. The zero-order valence-corrected chi connectivity index (χ0v) is 21.9. The Bertz CT molecular complexity index is 1330. The van der Waals surface area contributed by atoms with Crippen molar-refractivity contribution in [3.05, 3.63) is 73.1 Å². The minimum atomic E-state index is 0.0590. The Morgan fingerprint density at radius 3 is 2.47 bits per heavy atom. The maximum atomic E-state index is 11.5. The molecule has 9 heteroatoms. The highest BCUT2D eigenvalue weighted by Gasteiger charge is 2.14. The first-order valence-electron chi connectivity index (χ1n) is 12.9. The number of hydrogen-bond acceptors (Lipinski definition) is 7. The quantitative estimate of drug-likeness (QED) is 0.299. The Hall–Kier alpha value is -4.24. The molecule has 198 valence electrons. The van der Waals surface area contributed by atoms with Gasteiger partial charge in [-0.2, -0.15) is 5.10 Å². The second kappa shape index (κ2) is 13.3. The molecule has 0 radical (unpaired) electrons. The Labute approximate surface area is 223 Å². The second-order valence-corrected chi connectivity index (χ2v) is 9.50. The molecule has 1 amide bonds. The Morgan fingerprint density at radius 1 is 1.05 bits per heavy atom. The molecule has 2 aromatic heterocycles. The average Bonchev–Trinajstić information content (AvgIpc) is 3.36. The van der Waals surface area contributed by atoms with Crippen molar-refractivity contribution in [2.24, 2.45) is 0 Å². The fourth-order valence-corrected chi connectivity index (χ4v) is 4.27. The van der Waals surface area contributed by atoms with Crippen molar-refractivity contribution >= 4 is 22.8 Å². The molecular weight excluding hydrogens is 478 g/mol. The SMILES string of the molecule is CN(C)C/C=C/C(=O)NC1CCCCC1.Nc1ncnc2n[nH]c(-c3ccc(Oc4ccccc4)cc3)c12. The molecule has 0 atom stereocenters. The van der Waals surface area contributed by atoms with Gasteiger partial charge in [0.1, 0.15) is 23.6 Å². The summed E-state index contributed by atoms with van der Waals surface area (Å²) < 4.78 is 5.79. The number of carbonyl (C=O) groups excluding carboxylic acids is 1. The number of aromatic nitrogens is 4. The maximum Gasteiger partial charge on any atom is 0.243 e. The van der Waals surface area contributed by atoms with E-state index in [2.05, 4.69) is 25.5 Å². The molecule has 2 heterocycles. The number of ether oxygens (including phenoxy) is 1. The van der Waals surface area contributed by atoms with Gasteiger partial charge in [-0.15, -0.1) is 0 Å². The molecule has 2 aromatic carbocycles. The molecule has 38 heavy (non-hydrogen) atoms. The van der Waals surface area contributed by atoms with Crippen LogP contribution in [0.15, 0.2) is 73.1 Å². The van der Waals surface area contributed by atoms with Crippen LogP contribution in [0.3, 0.4) is 0 Å². The van der Waals surface area contributed by atoms with Gasteiger partial charge in [0.15, 0.2) is 5.65 Å². The predicted octanol–water partition coefficient (Wildman–Crippen LogP) is 4.95. The third-order valence-electron chi connectivity index (χ3n) is 6.19. The highest BCUT2D eigenvalue weighted by atomic mass is 16.5. The van der Waals surface area contributed by atoms with Gasteiger partial charge in [-0.25, -0.2) is 9.97 Å². The number of rotatable bonds is 7. The number of H-pyrrole nitrogens is 1. The molecule has 0 saturated heterocycles. The number of nitrogens with two attached hydrogens (primary N) is 1. The van der Waals surface area contributed by atoms with E-state index in [0.29, 0.717) is 17.5 Å². The third-order valence-corrected chi connectivity index (χ3v) is 6.19. The molecule has 1 aliphatic carbocycles. The number of nitrogen functional groups attached to an aromatic ring is 1. The molecule has 4 N–H and O–H groups in total. The van der Waals surface area contributed by atoms with E-state index in [1.54, 1.807) is 6.08 Å². The summed E-state index contributed by atoms with van der Waals surface area (Å²) in [5.41, 5.74) is 8.22. The summed E-state index contributed by atoms with van der Waals surface area (Å²) in [5.74, 6) is 2.02. The van der Waals surface area contributed by atoms with Crippen molar-refractivity contribution < 1.29 is 9.53 Å². The van der Waals surface area contributed by atoms with Gasteiger partial charge in [-0.05, 0) is 63.3 Å². The fourth-order valence-electron chi connectivity index (χ4n) is 4.27. The first-order chi connectivity index (χ1) is 18.5. The minimum absolute atomic E-state index is 0.0590. The first kappa shape index (κ1) is 26.8. The zero-order valence-electron chi connectivity index (χ0n) is 21.9. The van der Waals surface area contributed by atoms with E-state index < -0.39 is 0 Å². The van der Waals surface area contributed by atoms with Gasteiger partial charge in [0.25, 0.3) is 0 Å². The Morgan fingerprint density at radius 2 is 1.76 bits per heavy atom. The van der Waals surface area contributed by atoms with Crippen LogP contribution < -0.4 is 15.8 Å². The number of amides is 1. The van der Waals surface area contributed by atoms with Gasteiger partial charge in [0, 0.05) is 24.2 Å². The lowest BCUT2D eigenvalue weighted by atomic mass is 9.95. The lowest BCUT2D eigenvalue weighted by Gasteiger charge is -2.21. The predicted molar refractivity (Wildman–Crippen MR) is 151 cm³/mol. The molecule has 4 aromatic rings. The number of anilines is 1. The van der Waals surface area contributed by atoms with Crippen molar-refractivity contribution in [1.29, 1.82) is 0 Å². The van der Waals surface area contributed by atoms with E-state index in [4.69, 9.17) is 10.5 Å². The number of nitrogens with zero attached hydrogens (tertiary/aromatic N) is 4. The normalized spacial score (nSPS) is 13.9. The van der Waals surface area contributed by atoms with E-state index in [-0.39, 0.29) is 5.91 Å². The number of hydrogen-bond donors (Lipinski definition) is 3. The summed E-state index contributed by atoms with van der Waals surface area (Å²) in [6, 6.07) is 17.7. The third kappa shape index (κ3) is 7.63. The number of aromatic amines is 1. The number of carbonyl (C=O) groups is 1. The molecule has 1 fully saturated rings. The summed E-state index contributed by atoms with van der Waals surface area (Å²) in [6.07, 6.45) is 11.1. The fraction of sp³-hybridized carbons (Fsp3) is 0.310. The van der Waals surface area contributed by atoms with E-state index >= 15 is 0 Å². The molecule has 0 aliphatic heterocycles. The van der Waals surface area contributed by atoms with E-state index in [1.165, 1.54) is 25.6 Å². The number of likely N-dealkylation sites (N-methyl/N-ethyl adjacent to an activating group) is 1. The van der Waals surface area contributed by atoms with Gasteiger partial charge >= 0.3 is 0 Å². The number of fused-ring (bicyclic) bond motifs is 1. The van der Waals surface area contributed by atoms with E-state index in [1.807, 2.05) is 79.7 Å². The first-order valence-corrected chi connectivity index (χ1v) is 12.9. The van der Waals surface area contributed by atoms with Crippen LogP contribution in [-0.2, 0) is 4.79 Å². The summed E-state index contributed by atoms with van der Waals surface area (Å²) in [7, 11) is 3.98. The van der Waals surface area contributed by atoms with Crippen LogP contribution in [0.4, 0.5) is 5.82 Å². The second-order valence-electron chi connectivity index (χ2n) is 9.50. The summed E-state index contributed by atoms with van der Waals surface area (Å²) in [5, 5.41) is 10.9. The summed E-state index contributed by atoms with van der Waals surface area (Å²) >= 11 is 0. The molecule has 0 spiro atoms. The smallest absolute Gasteiger partial charge is 0.243 e. The number of nitrogens with one attached hydrogen (secondary N) is 2. The summed E-state index contributed by atoms with van der Waals surface area (Å²) in [4.78, 5) is 21.6. The Kier molecular flexibility index (Phi) is 9.42. The van der Waals surface area contributed by atoms with Crippen molar-refractivity contribution in [2.45, 2.75) is 38.1 Å². The highest BCUT2D eigenvalue weighted by Crippen LogP contribution is 2.30. The van der Waals surface area contributed by atoms with Gasteiger partial charge < -0.3 is 20.7 Å². The van der Waals surface area contributed by atoms with Crippen LogP contribution in [0.1, 0.15) is 32.1 Å². The van der Waals surface area contributed by atoms with Crippen LogP contribution in [0.5, 0.6) is 11.5 Å². The topological polar surface area (TPSA) is 122 Å². The molecule has 0 unspecified atom stereocenters. The molecular formula is C29H35N7O2. The largest absolute Gasteiger partial charge is 0.457 e. The average molecular weight is 514 g/mol. The van der Waals surface area contributed by atoms with Crippen LogP contribution in [0.25, 0.3) is 22.3 Å². The van der Waals surface area contributed by atoms with Crippen LogP contribution in [0.2, 0.25) is 0 Å². The molecule has 1 saturated carbocycles. The molecule has 9 nitrogen and oxygen atoms in total. The van der Waals surface area contributed by atoms with Gasteiger partial charge in [0.2, 0.25) is 5.91 Å². The monoisotopic (exact) mass is 513 g/mol. The zero-order chi connectivity index (χ0) is 26.7. The van der Waals surface area contributed by atoms with Gasteiger partial charge in [0.05, 0.1) is 11.1 Å². The van der Waals surface area contributed by atoms with Crippen molar-refractivity contribution in [2.75, 3.05) is 26.4 Å². The van der Waals surface area contributed by atoms with Crippen LogP contribution >= 0.6 is 0 Å².